The maximum absolute atomic E-state index is 14.8. The van der Waals surface area contributed by atoms with Gasteiger partial charge in [-0.3, -0.25) is 9.59 Å². The van der Waals surface area contributed by atoms with E-state index in [1.54, 1.807) is 0 Å². The van der Waals surface area contributed by atoms with Crippen LogP contribution in [0.2, 0.25) is 10.0 Å². The normalized spacial score (nSPS) is 15.1. The molecule has 10 aromatic rings. The molecule has 10 nitrogen and oxygen atoms in total. The van der Waals surface area contributed by atoms with Gasteiger partial charge < -0.3 is 9.13 Å². The summed E-state index contributed by atoms with van der Waals surface area (Å²) in [6.45, 7) is 10.1. The molecule has 0 saturated carbocycles. The Hall–Kier alpha value is -7.04. The molecule has 2 aliphatic rings. The topological polar surface area (TPSA) is 165 Å². The highest BCUT2D eigenvalue weighted by Crippen LogP contribution is 2.57. The third-order valence-electron chi connectivity index (χ3n) is 16.4. The van der Waals surface area contributed by atoms with Crippen molar-refractivity contribution in [3.05, 3.63) is 112 Å². The Morgan fingerprint density at radius 2 is 0.916 bits per heavy atom. The van der Waals surface area contributed by atoms with Gasteiger partial charge in [0.25, 0.3) is 0 Å². The molecule has 2 aliphatic carbocycles. The molecule has 0 spiro atoms. The Kier molecular flexibility index (Phi) is 15.1. The van der Waals surface area contributed by atoms with Crippen LogP contribution in [0.1, 0.15) is 134 Å². The molecule has 0 fully saturated rings. The number of allylic oxidation sites excluding steroid dienone is 6. The maximum Gasteiger partial charge on any atom is 0.194 e. The van der Waals surface area contributed by atoms with Crippen LogP contribution >= 0.6 is 80.3 Å². The first kappa shape index (κ1) is 56.4. The van der Waals surface area contributed by atoms with E-state index in [9.17, 15) is 48.2 Å². The van der Waals surface area contributed by atoms with Gasteiger partial charge in [-0.15, -0.1) is 45.3 Å². The fourth-order valence-corrected chi connectivity index (χ4v) is 19.0. The monoisotopic (exact) mass is 1240 g/mol. The summed E-state index contributed by atoms with van der Waals surface area (Å²) in [5.74, 6) is -5.47. The van der Waals surface area contributed by atoms with Crippen molar-refractivity contribution in [2.45, 2.75) is 105 Å². The minimum Gasteiger partial charge on any atom is -0.337 e. The summed E-state index contributed by atoms with van der Waals surface area (Å²) in [7, 11) is 0. The molecule has 0 amide bonds. The van der Waals surface area contributed by atoms with Gasteiger partial charge in [-0.1, -0.05) is 102 Å². The van der Waals surface area contributed by atoms with Crippen molar-refractivity contribution in [1.82, 2.24) is 17.9 Å². The molecule has 0 radical (unpaired) electrons. The number of thiophene rings is 4. The van der Waals surface area contributed by atoms with E-state index in [0.717, 1.165) is 172 Å². The number of nitriles is 4. The van der Waals surface area contributed by atoms with E-state index in [1.807, 2.05) is 24.3 Å². The molecule has 0 N–H and O–H groups in total. The van der Waals surface area contributed by atoms with Crippen LogP contribution in [0.3, 0.4) is 0 Å². The van der Waals surface area contributed by atoms with Crippen LogP contribution in [0.25, 0.3) is 95.4 Å². The average molecular weight is 1240 g/mol. The summed E-state index contributed by atoms with van der Waals surface area (Å²) in [5.41, 5.74) is 3.57. The first-order valence-electron chi connectivity index (χ1n) is 27.2. The zero-order valence-corrected chi connectivity index (χ0v) is 50.4. The minimum absolute atomic E-state index is 0.0517. The number of benzene rings is 3. The number of fused-ring (bicyclic) bond motifs is 16. The molecule has 0 bridgehead atoms. The largest absolute Gasteiger partial charge is 0.337 e. The number of hydrogen-bond donors (Lipinski definition) is 0. The third kappa shape index (κ3) is 8.80. The molecule has 0 aliphatic heterocycles. The number of carbonyl (C=O) groups excluding carboxylic acids is 2. The van der Waals surface area contributed by atoms with Crippen LogP contribution in [-0.2, 0) is 13.1 Å². The second-order valence-electron chi connectivity index (χ2n) is 20.9. The predicted octanol–water partition coefficient (Wildman–Crippen LogP) is 19.7. The fraction of sp³-hybridized carbons (Fsp3) is 0.290. The van der Waals surface area contributed by atoms with Crippen molar-refractivity contribution in [2.24, 2.45) is 11.8 Å². The van der Waals surface area contributed by atoms with Gasteiger partial charge in [-0.25, -0.2) is 17.6 Å². The van der Waals surface area contributed by atoms with Gasteiger partial charge in [0.05, 0.1) is 72.0 Å². The molecule has 2 unspecified atom stereocenters. The number of aromatic nitrogens is 4. The van der Waals surface area contributed by atoms with Crippen LogP contribution in [0, 0.1) is 80.4 Å². The van der Waals surface area contributed by atoms with Crippen LogP contribution in [0.5, 0.6) is 0 Å². The fourth-order valence-electron chi connectivity index (χ4n) is 12.2. The third-order valence-corrected chi connectivity index (χ3v) is 23.1. The lowest BCUT2D eigenvalue weighted by molar-refractivity contribution is 0.103. The molecule has 83 heavy (non-hydrogen) atoms. The number of halogens is 6. The van der Waals surface area contributed by atoms with Gasteiger partial charge in [0.1, 0.15) is 46.5 Å². The lowest BCUT2D eigenvalue weighted by Crippen LogP contribution is -2.08. The van der Waals surface area contributed by atoms with E-state index in [1.165, 1.54) is 57.5 Å². The van der Waals surface area contributed by atoms with Gasteiger partial charge in [0.15, 0.2) is 34.8 Å². The summed E-state index contributed by atoms with van der Waals surface area (Å²) < 4.78 is 79.1. The number of unbranched alkanes of at least 4 members (excludes halogenated alkanes) is 2. The molecule has 2 atom stereocenters. The number of aryl methyl sites for hydroxylation is 2. The molecule has 7 aromatic heterocycles. The SMILES string of the molecule is CCCCC(CC)CCn1c2c3sc(/C=C4\C(=O)c5cc(F)c(F)cc5C4=C(C#N)C#N)c(Cl)c3sc2c2c3nsnc3c3c4sc5c(Cl)c(/C=C6\C(=O)c7cc(F)c(F)cc7C6=C(C#N)C#N)sc5c4n(CCC(CC)CCCC)c3c21. The van der Waals surface area contributed by atoms with Crippen molar-refractivity contribution >= 4 is 187 Å². The Bertz CT molecular complexity index is 4510. The number of ketones is 2. The highest BCUT2D eigenvalue weighted by molar-refractivity contribution is 7.35. The van der Waals surface area contributed by atoms with Gasteiger partial charge in [0.2, 0.25) is 0 Å². The highest BCUT2D eigenvalue weighted by Gasteiger charge is 2.38. The molecular weight excluding hydrogens is 1200 g/mol. The average Bonchev–Trinajstić information content (AvgIpc) is 1.61. The summed E-state index contributed by atoms with van der Waals surface area (Å²) in [5, 5.41) is 42.9. The Balaban J connectivity index is 1.15. The quantitative estimate of drug-likeness (QED) is 0.0524. The molecular formula is C62H44Cl2F4N8O2S5. The molecule has 3 aromatic carbocycles. The Morgan fingerprint density at radius 3 is 1.27 bits per heavy atom. The summed E-state index contributed by atoms with van der Waals surface area (Å²) in [4.78, 5) is 29.3. The van der Waals surface area contributed by atoms with Gasteiger partial charge in [-0.05, 0) is 72.2 Å². The van der Waals surface area contributed by atoms with E-state index < -0.39 is 46.0 Å². The zero-order chi connectivity index (χ0) is 58.4. The summed E-state index contributed by atoms with van der Waals surface area (Å²) in [6.07, 6.45) is 13.1. The predicted molar refractivity (Wildman–Crippen MR) is 329 cm³/mol. The second-order valence-corrected chi connectivity index (χ2v) is 26.3. The Labute approximate surface area is 502 Å². The highest BCUT2D eigenvalue weighted by atomic mass is 35.5. The van der Waals surface area contributed by atoms with Gasteiger partial charge in [0, 0.05) is 67.0 Å². The van der Waals surface area contributed by atoms with E-state index >= 15 is 0 Å². The van der Waals surface area contributed by atoms with Crippen LogP contribution in [0.4, 0.5) is 17.6 Å². The number of Topliss-reactive ketones (excluding diaryl/α,β-unsaturated/α-hetero) is 2. The van der Waals surface area contributed by atoms with Crippen LogP contribution in [-0.4, -0.2) is 29.4 Å². The zero-order valence-electron chi connectivity index (χ0n) is 44.8. The van der Waals surface area contributed by atoms with Crippen molar-refractivity contribution in [2.75, 3.05) is 0 Å². The van der Waals surface area contributed by atoms with Crippen molar-refractivity contribution in [3.63, 3.8) is 0 Å². The molecule has 12 rings (SSSR count). The standard InChI is InChI=1S/C62H44Cl2F4N8O2S5/c1-5-9-11-27(7-3)13-15-75-51-45(57-53(75)61-59(81-57)47(63)41(79-61)21-35-43(29(23-69)24-70)31-17-37(65)39(67)19-33(31)55(35)77)49-50(74-83-73-49)46-52(51)76(16-14-28(8-4)12-10-6-2)54-58(46)82-60-48(64)42(80-62(54)60)22-36-44(30(25-71)26-72)32-18-38(66)40(68)20-34(32)56(36)78/h17-22,27-28H,5-16H2,1-4H3/b35-21-,36-22-. The van der Waals surface area contributed by atoms with Crippen LogP contribution in [0.15, 0.2) is 46.6 Å². The first-order valence-corrected chi connectivity index (χ1v) is 31.9. The van der Waals surface area contributed by atoms with E-state index in [-0.39, 0.29) is 44.5 Å². The van der Waals surface area contributed by atoms with Crippen molar-refractivity contribution < 1.29 is 27.2 Å². The summed E-state index contributed by atoms with van der Waals surface area (Å²) in [6, 6.07) is 10.6. The molecule has 0 saturated heterocycles. The lowest BCUT2D eigenvalue weighted by Gasteiger charge is -2.18. The van der Waals surface area contributed by atoms with Crippen molar-refractivity contribution in [1.29, 1.82) is 21.0 Å². The summed E-state index contributed by atoms with van der Waals surface area (Å²) >= 11 is 21.7. The van der Waals surface area contributed by atoms with Crippen molar-refractivity contribution in [3.8, 4) is 24.3 Å². The van der Waals surface area contributed by atoms with Gasteiger partial charge >= 0.3 is 0 Å². The number of nitrogens with zero attached hydrogens (tertiary/aromatic N) is 8. The second kappa shape index (κ2) is 22.2. The smallest absolute Gasteiger partial charge is 0.194 e. The van der Waals surface area contributed by atoms with E-state index in [2.05, 4.69) is 36.8 Å². The maximum atomic E-state index is 14.8. The molecule has 416 valence electrons. The molecule has 7 heterocycles. The van der Waals surface area contributed by atoms with E-state index in [0.29, 0.717) is 44.7 Å². The van der Waals surface area contributed by atoms with Crippen LogP contribution < -0.4 is 0 Å². The lowest BCUT2D eigenvalue weighted by atomic mass is 9.96. The van der Waals surface area contributed by atoms with Gasteiger partial charge in [-0.2, -0.15) is 29.8 Å². The number of hydrogen-bond acceptors (Lipinski definition) is 13. The first-order chi connectivity index (χ1) is 40.2. The number of carbonyl (C=O) groups is 2. The number of rotatable bonds is 16. The molecule has 21 heteroatoms. The Morgan fingerprint density at radius 1 is 0.542 bits per heavy atom. The minimum atomic E-state index is -1.24. The van der Waals surface area contributed by atoms with E-state index in [4.69, 9.17) is 31.9 Å².